The first-order valence-electron chi connectivity index (χ1n) is 8.00. The van der Waals surface area contributed by atoms with Crippen LogP contribution in [0.3, 0.4) is 0 Å². The van der Waals surface area contributed by atoms with Gasteiger partial charge in [0.15, 0.2) is 11.3 Å². The molecule has 0 saturated carbocycles. The molecule has 1 saturated heterocycles. The molecule has 1 amide bonds. The van der Waals surface area contributed by atoms with Gasteiger partial charge in [-0.15, -0.1) is 0 Å². The van der Waals surface area contributed by atoms with Crippen LogP contribution in [0.15, 0.2) is 34.7 Å². The average Bonchev–Trinajstić information content (AvgIpc) is 3.17. The highest BCUT2D eigenvalue weighted by atomic mass is 16.5. The first-order chi connectivity index (χ1) is 11.2. The standard InChI is InChI=1S/C19H19NO3/c1-3-11-4-6-15-14(8-11)18-13(12-9-17(21)20-10-12)5-7-16(22-2)19(18)23-15/h4-8,12H,3,9-10H2,1-2H3,(H,20,21). The highest BCUT2D eigenvalue weighted by Gasteiger charge is 2.27. The molecule has 4 nitrogen and oxygen atoms in total. The molecule has 1 unspecified atom stereocenters. The van der Waals surface area contributed by atoms with Gasteiger partial charge in [-0.1, -0.05) is 19.1 Å². The van der Waals surface area contributed by atoms with Crippen molar-refractivity contribution in [2.45, 2.75) is 25.7 Å². The Morgan fingerprint density at radius 3 is 2.87 bits per heavy atom. The second-order valence-corrected chi connectivity index (χ2v) is 6.05. The molecule has 1 atom stereocenters. The topological polar surface area (TPSA) is 51.5 Å². The van der Waals surface area contributed by atoms with Crippen LogP contribution in [0.4, 0.5) is 0 Å². The zero-order valence-electron chi connectivity index (χ0n) is 13.3. The summed E-state index contributed by atoms with van der Waals surface area (Å²) < 4.78 is 11.5. The molecular formula is C19H19NO3. The summed E-state index contributed by atoms with van der Waals surface area (Å²) in [7, 11) is 1.65. The molecule has 1 N–H and O–H groups in total. The molecule has 4 rings (SSSR count). The minimum atomic E-state index is 0.112. The quantitative estimate of drug-likeness (QED) is 0.801. The SMILES string of the molecule is CCc1ccc2oc3c(OC)ccc(C4CNC(=O)C4)c3c2c1. The molecule has 118 valence electrons. The maximum Gasteiger partial charge on any atom is 0.220 e. The van der Waals surface area contributed by atoms with E-state index in [2.05, 4.69) is 30.4 Å². The normalized spacial score (nSPS) is 17.8. The molecule has 2 heterocycles. The Kier molecular flexibility index (Phi) is 3.26. The zero-order valence-corrected chi connectivity index (χ0v) is 13.3. The monoisotopic (exact) mass is 309 g/mol. The summed E-state index contributed by atoms with van der Waals surface area (Å²) in [4.78, 5) is 11.6. The molecule has 1 fully saturated rings. The number of hydrogen-bond acceptors (Lipinski definition) is 3. The second kappa shape index (κ2) is 5.30. The number of fused-ring (bicyclic) bond motifs is 3. The molecule has 0 spiro atoms. The highest BCUT2D eigenvalue weighted by molar-refractivity contribution is 6.09. The summed E-state index contributed by atoms with van der Waals surface area (Å²) in [5, 5.41) is 5.11. The van der Waals surface area contributed by atoms with E-state index < -0.39 is 0 Å². The van der Waals surface area contributed by atoms with Crippen molar-refractivity contribution >= 4 is 27.8 Å². The Labute approximate surface area is 134 Å². The van der Waals surface area contributed by atoms with Crippen LogP contribution < -0.4 is 10.1 Å². The first kappa shape index (κ1) is 14.1. The van der Waals surface area contributed by atoms with E-state index in [4.69, 9.17) is 9.15 Å². The van der Waals surface area contributed by atoms with E-state index in [1.54, 1.807) is 7.11 Å². The van der Waals surface area contributed by atoms with Crippen molar-refractivity contribution in [3.05, 3.63) is 41.5 Å². The summed E-state index contributed by atoms with van der Waals surface area (Å²) >= 11 is 0. The van der Waals surface area contributed by atoms with Gasteiger partial charge in [0.25, 0.3) is 0 Å². The van der Waals surface area contributed by atoms with Gasteiger partial charge in [-0.25, -0.2) is 0 Å². The minimum absolute atomic E-state index is 0.112. The largest absolute Gasteiger partial charge is 0.493 e. The highest BCUT2D eigenvalue weighted by Crippen LogP contribution is 2.41. The molecule has 0 radical (unpaired) electrons. The summed E-state index contributed by atoms with van der Waals surface area (Å²) in [6.45, 7) is 2.82. The summed E-state index contributed by atoms with van der Waals surface area (Å²) in [5.41, 5.74) is 4.06. The molecular weight excluding hydrogens is 290 g/mol. The van der Waals surface area contributed by atoms with Gasteiger partial charge >= 0.3 is 0 Å². The van der Waals surface area contributed by atoms with Crippen LogP contribution in [-0.4, -0.2) is 19.6 Å². The van der Waals surface area contributed by atoms with Gasteiger partial charge in [0, 0.05) is 29.7 Å². The van der Waals surface area contributed by atoms with Gasteiger partial charge in [0.05, 0.1) is 7.11 Å². The third kappa shape index (κ3) is 2.17. The Morgan fingerprint density at radius 2 is 2.17 bits per heavy atom. The van der Waals surface area contributed by atoms with Gasteiger partial charge in [-0.2, -0.15) is 0 Å². The Bertz CT molecular complexity index is 910. The molecule has 1 aliphatic rings. The van der Waals surface area contributed by atoms with Gasteiger partial charge in [0.1, 0.15) is 5.58 Å². The fourth-order valence-electron chi connectivity index (χ4n) is 3.48. The number of amides is 1. The van der Waals surface area contributed by atoms with E-state index in [9.17, 15) is 4.79 Å². The maximum absolute atomic E-state index is 11.6. The zero-order chi connectivity index (χ0) is 16.0. The van der Waals surface area contributed by atoms with Gasteiger partial charge in [-0.3, -0.25) is 4.79 Å². The lowest BCUT2D eigenvalue weighted by Gasteiger charge is -2.11. The van der Waals surface area contributed by atoms with Crippen LogP contribution in [0.2, 0.25) is 0 Å². The second-order valence-electron chi connectivity index (χ2n) is 6.05. The van der Waals surface area contributed by atoms with E-state index in [0.717, 1.165) is 39.7 Å². The fraction of sp³-hybridized carbons (Fsp3) is 0.316. The third-order valence-electron chi connectivity index (χ3n) is 4.72. The van der Waals surface area contributed by atoms with Crippen LogP contribution in [0, 0.1) is 0 Å². The number of benzene rings is 2. The van der Waals surface area contributed by atoms with Crippen LogP contribution >= 0.6 is 0 Å². The Balaban J connectivity index is 2.04. The van der Waals surface area contributed by atoms with Crippen molar-refractivity contribution in [2.75, 3.05) is 13.7 Å². The molecule has 23 heavy (non-hydrogen) atoms. The Hall–Kier alpha value is -2.49. The molecule has 2 aromatic carbocycles. The number of ether oxygens (including phenoxy) is 1. The number of hydrogen-bond donors (Lipinski definition) is 1. The summed E-state index contributed by atoms with van der Waals surface area (Å²) in [6.07, 6.45) is 1.51. The maximum atomic E-state index is 11.6. The molecule has 1 aromatic heterocycles. The predicted molar refractivity (Wildman–Crippen MR) is 90.0 cm³/mol. The van der Waals surface area contributed by atoms with Gasteiger partial charge in [0.2, 0.25) is 5.91 Å². The molecule has 0 bridgehead atoms. The van der Waals surface area contributed by atoms with Crippen molar-refractivity contribution in [3.8, 4) is 5.75 Å². The van der Waals surface area contributed by atoms with Crippen molar-refractivity contribution in [1.82, 2.24) is 5.32 Å². The van der Waals surface area contributed by atoms with Crippen molar-refractivity contribution in [1.29, 1.82) is 0 Å². The number of aryl methyl sites for hydroxylation is 1. The van der Waals surface area contributed by atoms with Crippen molar-refractivity contribution in [3.63, 3.8) is 0 Å². The predicted octanol–water partition coefficient (Wildman–Crippen LogP) is 3.76. The Morgan fingerprint density at radius 1 is 1.30 bits per heavy atom. The smallest absolute Gasteiger partial charge is 0.220 e. The van der Waals surface area contributed by atoms with Crippen molar-refractivity contribution < 1.29 is 13.9 Å². The van der Waals surface area contributed by atoms with Crippen LogP contribution in [0.25, 0.3) is 21.9 Å². The van der Waals surface area contributed by atoms with Gasteiger partial charge in [-0.05, 0) is 35.7 Å². The fourth-order valence-corrected chi connectivity index (χ4v) is 3.48. The number of carbonyl (C=O) groups excluding carboxylic acids is 1. The van der Waals surface area contributed by atoms with E-state index in [1.165, 1.54) is 5.56 Å². The number of furan rings is 1. The summed E-state index contributed by atoms with van der Waals surface area (Å²) in [6, 6.07) is 10.3. The lowest BCUT2D eigenvalue weighted by atomic mass is 9.93. The van der Waals surface area contributed by atoms with E-state index >= 15 is 0 Å². The number of nitrogens with one attached hydrogen (secondary N) is 1. The molecule has 1 aliphatic heterocycles. The minimum Gasteiger partial charge on any atom is -0.493 e. The van der Waals surface area contributed by atoms with Crippen LogP contribution in [0.5, 0.6) is 5.75 Å². The number of methoxy groups -OCH3 is 1. The van der Waals surface area contributed by atoms with E-state index in [1.807, 2.05) is 12.1 Å². The van der Waals surface area contributed by atoms with E-state index in [0.29, 0.717) is 13.0 Å². The number of rotatable bonds is 3. The van der Waals surface area contributed by atoms with Crippen LogP contribution in [-0.2, 0) is 11.2 Å². The van der Waals surface area contributed by atoms with E-state index in [-0.39, 0.29) is 11.8 Å². The number of carbonyl (C=O) groups is 1. The third-order valence-corrected chi connectivity index (χ3v) is 4.72. The molecule has 4 heteroatoms. The lowest BCUT2D eigenvalue weighted by Crippen LogP contribution is -2.13. The first-order valence-corrected chi connectivity index (χ1v) is 8.00. The molecule has 3 aromatic rings. The van der Waals surface area contributed by atoms with Gasteiger partial charge < -0.3 is 14.5 Å². The average molecular weight is 309 g/mol. The molecule has 0 aliphatic carbocycles. The summed E-state index contributed by atoms with van der Waals surface area (Å²) in [5.74, 6) is 1.03. The van der Waals surface area contributed by atoms with Crippen molar-refractivity contribution in [2.24, 2.45) is 0 Å². The lowest BCUT2D eigenvalue weighted by molar-refractivity contribution is -0.119. The van der Waals surface area contributed by atoms with Crippen LogP contribution in [0.1, 0.15) is 30.4 Å².